The highest BCUT2D eigenvalue weighted by molar-refractivity contribution is 6.33. The minimum Gasteiger partial charge on any atom is -0.452 e. The molecule has 0 spiro atoms. The molecule has 0 fully saturated rings. The van der Waals surface area contributed by atoms with Crippen LogP contribution in [0, 0.1) is 12.7 Å². The Morgan fingerprint density at radius 2 is 1.95 bits per heavy atom. The van der Waals surface area contributed by atoms with Crippen molar-refractivity contribution in [2.75, 3.05) is 11.9 Å². The summed E-state index contributed by atoms with van der Waals surface area (Å²) < 4.78 is 18.4. The molecule has 0 bridgehead atoms. The van der Waals surface area contributed by atoms with Gasteiger partial charge in [-0.25, -0.2) is 9.18 Å². The fourth-order valence-electron chi connectivity index (χ4n) is 1.76. The van der Waals surface area contributed by atoms with Crippen molar-refractivity contribution in [1.29, 1.82) is 0 Å². The van der Waals surface area contributed by atoms with Crippen LogP contribution in [0.2, 0.25) is 5.02 Å². The summed E-state index contributed by atoms with van der Waals surface area (Å²) in [7, 11) is 0. The molecule has 2 aromatic rings. The van der Waals surface area contributed by atoms with Crippen molar-refractivity contribution in [3.05, 3.63) is 64.4 Å². The molecule has 0 atom stereocenters. The lowest BCUT2D eigenvalue weighted by Crippen LogP contribution is -2.21. The number of nitrogens with one attached hydrogen (secondary N) is 1. The number of carbonyl (C=O) groups excluding carboxylic acids is 2. The van der Waals surface area contributed by atoms with Crippen molar-refractivity contribution in [1.82, 2.24) is 0 Å². The molecule has 0 saturated carbocycles. The van der Waals surface area contributed by atoms with E-state index in [9.17, 15) is 14.0 Å². The topological polar surface area (TPSA) is 55.4 Å². The first-order chi connectivity index (χ1) is 10.5. The monoisotopic (exact) mass is 321 g/mol. The number of benzene rings is 2. The first-order valence-electron chi connectivity index (χ1n) is 6.45. The Morgan fingerprint density at radius 1 is 1.23 bits per heavy atom. The summed E-state index contributed by atoms with van der Waals surface area (Å²) in [5, 5.41) is 2.58. The van der Waals surface area contributed by atoms with Crippen LogP contribution in [0.25, 0.3) is 0 Å². The van der Waals surface area contributed by atoms with Crippen LogP contribution in [0.3, 0.4) is 0 Å². The van der Waals surface area contributed by atoms with E-state index in [1.54, 1.807) is 31.2 Å². The number of hydrogen-bond acceptors (Lipinski definition) is 3. The Morgan fingerprint density at radius 3 is 2.68 bits per heavy atom. The van der Waals surface area contributed by atoms with E-state index in [1.807, 2.05) is 0 Å². The molecule has 0 unspecified atom stereocenters. The number of anilines is 1. The van der Waals surface area contributed by atoms with Gasteiger partial charge in [0, 0.05) is 0 Å². The van der Waals surface area contributed by atoms with Crippen LogP contribution < -0.4 is 5.32 Å². The number of halogens is 2. The lowest BCUT2D eigenvalue weighted by atomic mass is 10.2. The second-order valence-corrected chi connectivity index (χ2v) is 4.99. The number of ether oxygens (including phenoxy) is 1. The van der Waals surface area contributed by atoms with Gasteiger partial charge < -0.3 is 10.1 Å². The molecule has 0 heterocycles. The molecule has 1 amide bonds. The maximum absolute atomic E-state index is 13.5. The number of amides is 1. The third-order valence-electron chi connectivity index (χ3n) is 2.82. The molecule has 0 aromatic heterocycles. The third kappa shape index (κ3) is 4.05. The molecule has 114 valence electrons. The molecule has 0 aliphatic carbocycles. The molecule has 0 aliphatic heterocycles. The van der Waals surface area contributed by atoms with Crippen LogP contribution in [0.15, 0.2) is 42.5 Å². The van der Waals surface area contributed by atoms with Gasteiger partial charge in [0.25, 0.3) is 5.91 Å². The van der Waals surface area contributed by atoms with E-state index >= 15 is 0 Å². The van der Waals surface area contributed by atoms with Gasteiger partial charge in [0.05, 0.1) is 16.3 Å². The number of carbonyl (C=O) groups is 2. The quantitative estimate of drug-likeness (QED) is 0.876. The van der Waals surface area contributed by atoms with Crippen molar-refractivity contribution in [2.24, 2.45) is 0 Å². The van der Waals surface area contributed by atoms with Crippen LogP contribution in [0.1, 0.15) is 15.9 Å². The van der Waals surface area contributed by atoms with Gasteiger partial charge in [0.15, 0.2) is 6.61 Å². The average molecular weight is 322 g/mol. The summed E-state index contributed by atoms with van der Waals surface area (Å²) in [5.41, 5.74) is 1.00. The highest BCUT2D eigenvalue weighted by Crippen LogP contribution is 2.17. The van der Waals surface area contributed by atoms with Crippen molar-refractivity contribution in [2.45, 2.75) is 6.92 Å². The van der Waals surface area contributed by atoms with Crippen LogP contribution in [-0.2, 0) is 9.53 Å². The fraction of sp³-hybridized carbons (Fsp3) is 0.125. The molecule has 4 nitrogen and oxygen atoms in total. The normalized spacial score (nSPS) is 10.1. The van der Waals surface area contributed by atoms with Gasteiger partial charge >= 0.3 is 5.97 Å². The van der Waals surface area contributed by atoms with Crippen LogP contribution >= 0.6 is 11.6 Å². The SMILES string of the molecule is Cc1ccc(F)c(NC(=O)COC(=O)c2ccccc2Cl)c1. The molecule has 1 N–H and O–H groups in total. The molecule has 2 rings (SSSR count). The first kappa shape index (κ1) is 16.0. The maximum atomic E-state index is 13.5. The van der Waals surface area contributed by atoms with Crippen LogP contribution in [0.5, 0.6) is 0 Å². The lowest BCUT2D eigenvalue weighted by Gasteiger charge is -2.08. The van der Waals surface area contributed by atoms with E-state index in [0.29, 0.717) is 0 Å². The summed E-state index contributed by atoms with van der Waals surface area (Å²) in [6, 6.07) is 10.7. The van der Waals surface area contributed by atoms with Gasteiger partial charge in [-0.3, -0.25) is 4.79 Å². The van der Waals surface area contributed by atoms with Crippen molar-refractivity contribution >= 4 is 29.2 Å². The van der Waals surface area contributed by atoms with Crippen molar-refractivity contribution in [3.63, 3.8) is 0 Å². The largest absolute Gasteiger partial charge is 0.452 e. The highest BCUT2D eigenvalue weighted by Gasteiger charge is 2.14. The van der Waals surface area contributed by atoms with E-state index in [4.69, 9.17) is 16.3 Å². The zero-order valence-corrected chi connectivity index (χ0v) is 12.5. The molecular weight excluding hydrogens is 309 g/mol. The van der Waals surface area contributed by atoms with Crippen molar-refractivity contribution in [3.8, 4) is 0 Å². The molecule has 0 radical (unpaired) electrons. The fourth-order valence-corrected chi connectivity index (χ4v) is 1.97. The zero-order valence-electron chi connectivity index (χ0n) is 11.7. The van der Waals surface area contributed by atoms with E-state index in [1.165, 1.54) is 18.2 Å². The van der Waals surface area contributed by atoms with Gasteiger partial charge in [-0.15, -0.1) is 0 Å². The summed E-state index contributed by atoms with van der Waals surface area (Å²) in [4.78, 5) is 23.5. The van der Waals surface area contributed by atoms with Crippen LogP contribution in [-0.4, -0.2) is 18.5 Å². The van der Waals surface area contributed by atoms with E-state index in [-0.39, 0.29) is 16.3 Å². The number of aryl methyl sites for hydroxylation is 1. The van der Waals surface area contributed by atoms with Gasteiger partial charge in [-0.05, 0) is 36.8 Å². The zero-order chi connectivity index (χ0) is 16.1. The summed E-state index contributed by atoms with van der Waals surface area (Å²) in [5.74, 6) is -1.91. The molecule has 2 aromatic carbocycles. The molecule has 22 heavy (non-hydrogen) atoms. The smallest absolute Gasteiger partial charge is 0.340 e. The lowest BCUT2D eigenvalue weighted by molar-refractivity contribution is -0.119. The van der Waals surface area contributed by atoms with E-state index in [0.717, 1.165) is 5.56 Å². The number of hydrogen-bond donors (Lipinski definition) is 1. The van der Waals surface area contributed by atoms with Gasteiger partial charge in [-0.2, -0.15) is 0 Å². The molecular formula is C16H13ClFNO3. The van der Waals surface area contributed by atoms with E-state index < -0.39 is 24.3 Å². The Bertz CT molecular complexity index is 718. The average Bonchev–Trinajstić information content (AvgIpc) is 2.49. The summed E-state index contributed by atoms with van der Waals surface area (Å²) in [6.07, 6.45) is 0. The minimum absolute atomic E-state index is 0.0405. The Labute approximate surface area is 131 Å². The summed E-state index contributed by atoms with van der Waals surface area (Å²) in [6.45, 7) is 1.24. The Hall–Kier alpha value is -2.40. The number of rotatable bonds is 4. The second kappa shape index (κ2) is 7.04. The predicted molar refractivity (Wildman–Crippen MR) is 81.5 cm³/mol. The van der Waals surface area contributed by atoms with Crippen molar-refractivity contribution < 1.29 is 18.7 Å². The Balaban J connectivity index is 1.94. The highest BCUT2D eigenvalue weighted by atomic mass is 35.5. The Kier molecular flexibility index (Phi) is 5.12. The molecule has 0 saturated heterocycles. The van der Waals surface area contributed by atoms with Gasteiger partial charge in [-0.1, -0.05) is 29.8 Å². The second-order valence-electron chi connectivity index (χ2n) is 4.59. The van der Waals surface area contributed by atoms with Gasteiger partial charge in [0.2, 0.25) is 0 Å². The minimum atomic E-state index is -0.717. The standard InChI is InChI=1S/C16H13ClFNO3/c1-10-6-7-13(18)14(8-10)19-15(20)9-22-16(21)11-4-2-3-5-12(11)17/h2-8H,9H2,1H3,(H,19,20). The summed E-state index contributed by atoms with van der Waals surface area (Å²) >= 11 is 5.85. The third-order valence-corrected chi connectivity index (χ3v) is 3.15. The van der Waals surface area contributed by atoms with Crippen LogP contribution in [0.4, 0.5) is 10.1 Å². The maximum Gasteiger partial charge on any atom is 0.340 e. The molecule has 0 aliphatic rings. The van der Waals surface area contributed by atoms with Gasteiger partial charge in [0.1, 0.15) is 5.82 Å². The molecule has 6 heteroatoms. The first-order valence-corrected chi connectivity index (χ1v) is 6.83. The number of esters is 1. The predicted octanol–water partition coefficient (Wildman–Crippen LogP) is 3.58. The van der Waals surface area contributed by atoms with E-state index in [2.05, 4.69) is 5.32 Å².